The van der Waals surface area contributed by atoms with Gasteiger partial charge in [-0.25, -0.2) is 4.98 Å². The third-order valence-electron chi connectivity index (χ3n) is 3.80. The third-order valence-corrected chi connectivity index (χ3v) is 4.98. The van der Waals surface area contributed by atoms with E-state index in [0.29, 0.717) is 0 Å². The first-order valence-corrected chi connectivity index (χ1v) is 7.36. The molecule has 19 heavy (non-hydrogen) atoms. The summed E-state index contributed by atoms with van der Waals surface area (Å²) in [6.07, 6.45) is 2.81. The molecule has 1 atom stereocenters. The first-order valence-electron chi connectivity index (χ1n) is 6.48. The molecule has 0 radical (unpaired) electrons. The zero-order valence-electron chi connectivity index (χ0n) is 11.3. The first-order chi connectivity index (χ1) is 9.10. The number of nitrogens with two attached hydrogens (primary N) is 1. The van der Waals surface area contributed by atoms with Crippen LogP contribution in [0, 0.1) is 6.92 Å². The van der Waals surface area contributed by atoms with Crippen LogP contribution in [0.1, 0.15) is 28.2 Å². The standard InChI is InChI=1S/C15H18N2OS/c1-10-9-19-14(17-10)15(16)6-5-11-3-4-13(18-2)7-12(11)8-15/h3-4,7,9H,5-6,8,16H2,1-2H3. The maximum absolute atomic E-state index is 6.61. The van der Waals surface area contributed by atoms with Crippen molar-refractivity contribution in [2.75, 3.05) is 7.11 Å². The van der Waals surface area contributed by atoms with Crippen molar-refractivity contribution >= 4 is 11.3 Å². The molecule has 3 nitrogen and oxygen atoms in total. The fraction of sp³-hybridized carbons (Fsp3) is 0.400. The van der Waals surface area contributed by atoms with Crippen LogP contribution in [-0.4, -0.2) is 12.1 Å². The van der Waals surface area contributed by atoms with E-state index in [1.165, 1.54) is 11.1 Å². The topological polar surface area (TPSA) is 48.1 Å². The molecule has 0 fully saturated rings. The lowest BCUT2D eigenvalue weighted by Crippen LogP contribution is -2.42. The van der Waals surface area contributed by atoms with Gasteiger partial charge in [-0.2, -0.15) is 0 Å². The number of aromatic nitrogens is 1. The van der Waals surface area contributed by atoms with E-state index in [1.54, 1.807) is 18.4 Å². The Morgan fingerprint density at radius 2 is 2.21 bits per heavy atom. The summed E-state index contributed by atoms with van der Waals surface area (Å²) in [7, 11) is 1.70. The normalized spacial score (nSPS) is 22.1. The van der Waals surface area contributed by atoms with Crippen molar-refractivity contribution in [1.82, 2.24) is 4.98 Å². The van der Waals surface area contributed by atoms with Crippen molar-refractivity contribution < 1.29 is 4.74 Å². The zero-order chi connectivity index (χ0) is 13.5. The van der Waals surface area contributed by atoms with Crippen molar-refractivity contribution in [3.05, 3.63) is 45.4 Å². The molecule has 1 aliphatic rings. The lowest BCUT2D eigenvalue weighted by molar-refractivity contribution is 0.378. The van der Waals surface area contributed by atoms with Gasteiger partial charge in [0.15, 0.2) is 0 Å². The minimum Gasteiger partial charge on any atom is -0.497 e. The first kappa shape index (κ1) is 12.6. The number of methoxy groups -OCH3 is 1. The Labute approximate surface area is 117 Å². The number of thiazole rings is 1. The average Bonchev–Trinajstić information content (AvgIpc) is 2.85. The zero-order valence-corrected chi connectivity index (χ0v) is 12.1. The number of nitrogens with zero attached hydrogens (tertiary/aromatic N) is 1. The number of benzene rings is 1. The summed E-state index contributed by atoms with van der Waals surface area (Å²) < 4.78 is 5.30. The van der Waals surface area contributed by atoms with Crippen LogP contribution in [0.5, 0.6) is 5.75 Å². The molecule has 1 aromatic carbocycles. The van der Waals surface area contributed by atoms with Crippen molar-refractivity contribution in [2.24, 2.45) is 5.73 Å². The molecule has 4 heteroatoms. The number of ether oxygens (including phenoxy) is 1. The van der Waals surface area contributed by atoms with E-state index in [0.717, 1.165) is 35.7 Å². The van der Waals surface area contributed by atoms with Crippen LogP contribution in [0.3, 0.4) is 0 Å². The van der Waals surface area contributed by atoms with Gasteiger partial charge in [0.05, 0.1) is 12.6 Å². The molecule has 100 valence electrons. The van der Waals surface area contributed by atoms with Gasteiger partial charge in [-0.05, 0) is 49.4 Å². The van der Waals surface area contributed by atoms with Gasteiger partial charge in [0, 0.05) is 11.1 Å². The highest BCUT2D eigenvalue weighted by Crippen LogP contribution is 2.37. The largest absolute Gasteiger partial charge is 0.497 e. The third kappa shape index (κ3) is 2.26. The minimum absolute atomic E-state index is 0.321. The van der Waals surface area contributed by atoms with E-state index in [2.05, 4.69) is 22.5 Å². The van der Waals surface area contributed by atoms with Crippen molar-refractivity contribution in [2.45, 2.75) is 31.7 Å². The van der Waals surface area contributed by atoms with E-state index in [1.807, 2.05) is 13.0 Å². The number of fused-ring (bicyclic) bond motifs is 1. The van der Waals surface area contributed by atoms with Crippen LogP contribution < -0.4 is 10.5 Å². The summed E-state index contributed by atoms with van der Waals surface area (Å²) in [6.45, 7) is 2.02. The highest BCUT2D eigenvalue weighted by molar-refractivity contribution is 7.09. The number of hydrogen-bond acceptors (Lipinski definition) is 4. The van der Waals surface area contributed by atoms with Gasteiger partial charge >= 0.3 is 0 Å². The lowest BCUT2D eigenvalue weighted by atomic mass is 9.79. The number of hydrogen-bond donors (Lipinski definition) is 1. The van der Waals surface area contributed by atoms with Gasteiger partial charge in [0.1, 0.15) is 10.8 Å². The molecule has 0 spiro atoms. The molecular weight excluding hydrogens is 256 g/mol. The minimum atomic E-state index is -0.321. The summed E-state index contributed by atoms with van der Waals surface area (Å²) in [4.78, 5) is 4.58. The molecule has 0 saturated carbocycles. The fourth-order valence-electron chi connectivity index (χ4n) is 2.69. The second kappa shape index (κ2) is 4.62. The summed E-state index contributed by atoms with van der Waals surface area (Å²) in [5.74, 6) is 0.901. The molecule has 1 aliphatic carbocycles. The molecule has 2 N–H and O–H groups in total. The Bertz CT molecular complexity index is 608. The average molecular weight is 274 g/mol. The van der Waals surface area contributed by atoms with Crippen molar-refractivity contribution in [3.8, 4) is 5.75 Å². The molecule has 0 amide bonds. The Morgan fingerprint density at radius 3 is 2.89 bits per heavy atom. The quantitative estimate of drug-likeness (QED) is 0.916. The van der Waals surface area contributed by atoms with Crippen molar-refractivity contribution in [3.63, 3.8) is 0 Å². The van der Waals surface area contributed by atoms with E-state index in [9.17, 15) is 0 Å². The Morgan fingerprint density at radius 1 is 1.37 bits per heavy atom. The Balaban J connectivity index is 1.96. The van der Waals surface area contributed by atoms with Gasteiger partial charge in [0.2, 0.25) is 0 Å². The fourth-order valence-corrected chi connectivity index (χ4v) is 3.63. The maximum atomic E-state index is 6.61. The van der Waals surface area contributed by atoms with Crippen LogP contribution in [-0.2, 0) is 18.4 Å². The second-order valence-corrected chi connectivity index (χ2v) is 6.12. The van der Waals surface area contributed by atoms with E-state index in [-0.39, 0.29) is 5.54 Å². The lowest BCUT2D eigenvalue weighted by Gasteiger charge is -2.33. The van der Waals surface area contributed by atoms with Gasteiger partial charge in [-0.3, -0.25) is 0 Å². The molecule has 0 saturated heterocycles. The number of rotatable bonds is 2. The van der Waals surface area contributed by atoms with E-state index in [4.69, 9.17) is 10.5 Å². The Hall–Kier alpha value is -1.39. The monoisotopic (exact) mass is 274 g/mol. The van der Waals surface area contributed by atoms with Crippen LogP contribution in [0.2, 0.25) is 0 Å². The molecule has 0 aliphatic heterocycles. The molecule has 3 rings (SSSR count). The smallest absolute Gasteiger partial charge is 0.119 e. The summed E-state index contributed by atoms with van der Waals surface area (Å²) in [5.41, 5.74) is 10.0. The highest BCUT2D eigenvalue weighted by atomic mass is 32.1. The van der Waals surface area contributed by atoms with Crippen LogP contribution in [0.15, 0.2) is 23.6 Å². The van der Waals surface area contributed by atoms with Crippen LogP contribution in [0.4, 0.5) is 0 Å². The summed E-state index contributed by atoms with van der Waals surface area (Å²) in [6, 6.07) is 6.29. The molecular formula is C15H18N2OS. The predicted octanol–water partition coefficient (Wildman–Crippen LogP) is 2.80. The second-order valence-electron chi connectivity index (χ2n) is 5.26. The Kier molecular flexibility index (Phi) is 3.07. The van der Waals surface area contributed by atoms with Crippen LogP contribution >= 0.6 is 11.3 Å². The SMILES string of the molecule is COc1ccc2c(c1)CC(N)(c1nc(C)cs1)CC2. The van der Waals surface area contributed by atoms with Gasteiger partial charge in [0.25, 0.3) is 0 Å². The summed E-state index contributed by atoms with van der Waals surface area (Å²) in [5, 5.41) is 3.13. The summed E-state index contributed by atoms with van der Waals surface area (Å²) >= 11 is 1.67. The van der Waals surface area contributed by atoms with Gasteiger partial charge < -0.3 is 10.5 Å². The van der Waals surface area contributed by atoms with E-state index >= 15 is 0 Å². The number of aryl methyl sites for hydroxylation is 2. The molecule has 1 aromatic heterocycles. The van der Waals surface area contributed by atoms with Crippen molar-refractivity contribution in [1.29, 1.82) is 0 Å². The maximum Gasteiger partial charge on any atom is 0.119 e. The van der Waals surface area contributed by atoms with E-state index < -0.39 is 0 Å². The molecule has 1 heterocycles. The molecule has 2 aromatic rings. The van der Waals surface area contributed by atoms with Gasteiger partial charge in [-0.15, -0.1) is 11.3 Å². The molecule has 1 unspecified atom stereocenters. The van der Waals surface area contributed by atoms with Crippen LogP contribution in [0.25, 0.3) is 0 Å². The molecule has 0 bridgehead atoms. The van der Waals surface area contributed by atoms with Gasteiger partial charge in [-0.1, -0.05) is 6.07 Å². The predicted molar refractivity (Wildman–Crippen MR) is 77.7 cm³/mol. The highest BCUT2D eigenvalue weighted by Gasteiger charge is 2.34.